The van der Waals surface area contributed by atoms with Gasteiger partial charge in [0.1, 0.15) is 30.0 Å². The molecular weight excluding hydrogens is 500 g/mol. The fourth-order valence-corrected chi connectivity index (χ4v) is 7.47. The quantitative estimate of drug-likeness (QED) is 0.444. The third kappa shape index (κ3) is 4.16. The van der Waals surface area contributed by atoms with Gasteiger partial charge in [-0.2, -0.15) is 0 Å². The van der Waals surface area contributed by atoms with Crippen molar-refractivity contribution in [3.05, 3.63) is 71.8 Å². The molecule has 3 aliphatic rings. The zero-order valence-electron chi connectivity index (χ0n) is 23.0. The predicted molar refractivity (Wildman–Crippen MR) is 141 cm³/mol. The maximum atomic E-state index is 13.4. The van der Waals surface area contributed by atoms with E-state index >= 15 is 0 Å². The van der Waals surface area contributed by atoms with E-state index in [-0.39, 0.29) is 5.92 Å². The SMILES string of the molecule is CC(=O)O[C@@H]1[C@H]2[C@@H](O)[C@@H](OC(=O)c3ccccc3)[C@]3(C)[C@@H](OC(=O)c4ccccc4)CC[C@@H](C)[C@@]13OC2(C)C. The molecule has 2 aromatic carbocycles. The standard InChI is InChI=1S/C31H36O8/c1-18-16-17-22(37-27(34)20-12-8-6-9-13-20)30(5)26(38-28(35)21-14-10-7-11-15-21)24(33)23-25(36-19(2)32)31(18,30)39-29(23,3)4/h6-15,18,22-26,33H,16-17H2,1-5H3/t18-,22+,23-,24-,25-,26-,30+,31-/m1/s1. The Morgan fingerprint density at radius 2 is 1.36 bits per heavy atom. The van der Waals surface area contributed by atoms with Gasteiger partial charge < -0.3 is 24.1 Å². The van der Waals surface area contributed by atoms with Crippen LogP contribution in [0.2, 0.25) is 0 Å². The van der Waals surface area contributed by atoms with E-state index in [9.17, 15) is 19.5 Å². The maximum Gasteiger partial charge on any atom is 0.338 e. The zero-order chi connectivity index (χ0) is 28.2. The van der Waals surface area contributed by atoms with E-state index < -0.39 is 64.9 Å². The second-order valence-electron chi connectivity index (χ2n) is 11.8. The molecule has 1 aliphatic heterocycles. The number of ether oxygens (including phenoxy) is 4. The van der Waals surface area contributed by atoms with E-state index in [0.29, 0.717) is 24.0 Å². The minimum atomic E-state index is -1.26. The largest absolute Gasteiger partial charge is 0.459 e. The van der Waals surface area contributed by atoms with Gasteiger partial charge in [0, 0.05) is 6.92 Å². The Hall–Kier alpha value is -3.23. The number of benzene rings is 2. The van der Waals surface area contributed by atoms with Gasteiger partial charge in [-0.25, -0.2) is 9.59 Å². The molecule has 3 fully saturated rings. The number of aliphatic hydroxyl groups excluding tert-OH is 1. The van der Waals surface area contributed by atoms with E-state index in [1.165, 1.54) is 6.92 Å². The molecule has 0 amide bonds. The van der Waals surface area contributed by atoms with Crippen LogP contribution in [0.1, 0.15) is 68.2 Å². The summed E-state index contributed by atoms with van der Waals surface area (Å²) in [5.41, 5.74) is -2.69. The Morgan fingerprint density at radius 1 is 0.821 bits per heavy atom. The molecule has 208 valence electrons. The minimum Gasteiger partial charge on any atom is -0.459 e. The molecule has 39 heavy (non-hydrogen) atoms. The third-order valence-corrected chi connectivity index (χ3v) is 9.15. The van der Waals surface area contributed by atoms with Crippen molar-refractivity contribution in [1.29, 1.82) is 0 Å². The molecule has 2 aromatic rings. The fourth-order valence-electron chi connectivity index (χ4n) is 7.47. The Morgan fingerprint density at radius 3 is 1.90 bits per heavy atom. The van der Waals surface area contributed by atoms with Gasteiger partial charge in [0.15, 0.2) is 0 Å². The second-order valence-corrected chi connectivity index (χ2v) is 11.8. The lowest BCUT2D eigenvalue weighted by molar-refractivity contribution is -0.295. The summed E-state index contributed by atoms with van der Waals surface area (Å²) < 4.78 is 25.1. The van der Waals surface area contributed by atoms with Crippen molar-refractivity contribution in [2.75, 3.05) is 0 Å². The number of esters is 3. The van der Waals surface area contributed by atoms with Crippen LogP contribution in [-0.4, -0.2) is 58.6 Å². The highest BCUT2D eigenvalue weighted by Gasteiger charge is 2.81. The Kier molecular flexibility index (Phi) is 6.84. The Balaban J connectivity index is 1.64. The predicted octanol–water partition coefficient (Wildman–Crippen LogP) is 4.34. The van der Waals surface area contributed by atoms with Gasteiger partial charge in [0.05, 0.1) is 28.1 Å². The van der Waals surface area contributed by atoms with E-state index in [0.717, 1.165) is 0 Å². The molecule has 2 aliphatic carbocycles. The summed E-state index contributed by atoms with van der Waals surface area (Å²) in [7, 11) is 0. The number of fused-ring (bicyclic) bond motifs is 1. The van der Waals surface area contributed by atoms with Crippen molar-refractivity contribution >= 4 is 17.9 Å². The van der Waals surface area contributed by atoms with Crippen LogP contribution in [0.25, 0.3) is 0 Å². The van der Waals surface area contributed by atoms with Crippen LogP contribution in [0.4, 0.5) is 0 Å². The van der Waals surface area contributed by atoms with Gasteiger partial charge in [-0.3, -0.25) is 4.79 Å². The highest BCUT2D eigenvalue weighted by Crippen LogP contribution is 2.67. The lowest BCUT2D eigenvalue weighted by Gasteiger charge is -2.62. The molecule has 5 rings (SSSR count). The summed E-state index contributed by atoms with van der Waals surface area (Å²) in [5, 5.41) is 11.9. The molecule has 1 heterocycles. The normalized spacial score (nSPS) is 36.4. The monoisotopic (exact) mass is 536 g/mol. The number of hydrogen-bond acceptors (Lipinski definition) is 8. The first-order chi connectivity index (χ1) is 18.4. The summed E-state index contributed by atoms with van der Waals surface area (Å²) in [6.07, 6.45) is -2.97. The van der Waals surface area contributed by atoms with Crippen LogP contribution in [0, 0.1) is 17.3 Å². The van der Waals surface area contributed by atoms with Crippen molar-refractivity contribution < 1.29 is 38.4 Å². The summed E-state index contributed by atoms with van der Waals surface area (Å²) in [5.74, 6) is -2.50. The average Bonchev–Trinajstić information content (AvgIpc) is 3.11. The molecule has 0 radical (unpaired) electrons. The first kappa shape index (κ1) is 27.3. The highest BCUT2D eigenvalue weighted by atomic mass is 16.6. The minimum absolute atomic E-state index is 0.173. The van der Waals surface area contributed by atoms with Gasteiger partial charge in [-0.15, -0.1) is 0 Å². The lowest BCUT2D eigenvalue weighted by Crippen LogP contribution is -2.76. The van der Waals surface area contributed by atoms with Gasteiger partial charge in [0.25, 0.3) is 0 Å². The van der Waals surface area contributed by atoms with Gasteiger partial charge in [0.2, 0.25) is 0 Å². The van der Waals surface area contributed by atoms with E-state index in [1.807, 2.05) is 33.8 Å². The average molecular weight is 537 g/mol. The summed E-state index contributed by atoms with van der Waals surface area (Å²) in [6.45, 7) is 8.86. The second kappa shape index (κ2) is 9.75. The van der Waals surface area contributed by atoms with Crippen LogP contribution in [0.5, 0.6) is 0 Å². The van der Waals surface area contributed by atoms with Gasteiger partial charge >= 0.3 is 17.9 Å². The van der Waals surface area contributed by atoms with Crippen LogP contribution in [-0.2, 0) is 23.7 Å². The maximum absolute atomic E-state index is 13.4. The molecule has 1 saturated heterocycles. The molecule has 1 N–H and O–H groups in total. The first-order valence-corrected chi connectivity index (χ1v) is 13.5. The smallest absolute Gasteiger partial charge is 0.338 e. The van der Waals surface area contributed by atoms with Crippen LogP contribution < -0.4 is 0 Å². The molecule has 2 bridgehead atoms. The van der Waals surface area contributed by atoms with Gasteiger partial charge in [-0.1, -0.05) is 43.3 Å². The first-order valence-electron chi connectivity index (χ1n) is 13.5. The topological polar surface area (TPSA) is 108 Å². The summed E-state index contributed by atoms with van der Waals surface area (Å²) >= 11 is 0. The van der Waals surface area contributed by atoms with Crippen LogP contribution in [0.15, 0.2) is 60.7 Å². The van der Waals surface area contributed by atoms with Crippen molar-refractivity contribution in [3.63, 3.8) is 0 Å². The molecule has 8 heteroatoms. The van der Waals surface area contributed by atoms with Gasteiger partial charge in [-0.05, 0) is 63.8 Å². The zero-order valence-corrected chi connectivity index (χ0v) is 23.0. The molecular formula is C31H36O8. The molecule has 2 saturated carbocycles. The Bertz CT molecular complexity index is 1240. The molecule has 8 atom stereocenters. The van der Waals surface area contributed by atoms with E-state index in [2.05, 4.69) is 0 Å². The van der Waals surface area contributed by atoms with Crippen molar-refractivity contribution in [1.82, 2.24) is 0 Å². The number of aliphatic hydroxyl groups is 1. The van der Waals surface area contributed by atoms with E-state index in [1.54, 1.807) is 54.6 Å². The van der Waals surface area contributed by atoms with Crippen molar-refractivity contribution in [2.45, 2.75) is 83.1 Å². The van der Waals surface area contributed by atoms with Crippen LogP contribution in [0.3, 0.4) is 0 Å². The number of hydrogen-bond donors (Lipinski definition) is 1. The highest BCUT2D eigenvalue weighted by molar-refractivity contribution is 5.90. The van der Waals surface area contributed by atoms with Crippen LogP contribution >= 0.6 is 0 Å². The van der Waals surface area contributed by atoms with E-state index in [4.69, 9.17) is 18.9 Å². The molecule has 8 nitrogen and oxygen atoms in total. The number of carbonyl (C=O) groups excluding carboxylic acids is 3. The molecule has 0 unspecified atom stereocenters. The molecule has 1 spiro atoms. The lowest BCUT2D eigenvalue weighted by atomic mass is 9.48. The summed E-state index contributed by atoms with van der Waals surface area (Å²) in [4.78, 5) is 39.1. The van der Waals surface area contributed by atoms with Crippen molar-refractivity contribution in [2.24, 2.45) is 17.3 Å². The van der Waals surface area contributed by atoms with Crippen molar-refractivity contribution in [3.8, 4) is 0 Å². The molecule has 0 aromatic heterocycles. The fraction of sp³-hybridized carbons (Fsp3) is 0.516. The summed E-state index contributed by atoms with van der Waals surface area (Å²) in [6, 6.07) is 17.2. The number of carbonyl (C=O) groups is 3. The number of rotatable bonds is 5. The Labute approximate surface area is 228 Å². The third-order valence-electron chi connectivity index (χ3n) is 9.15.